The Morgan fingerprint density at radius 1 is 1.00 bits per heavy atom. The third kappa shape index (κ3) is 4.77. The van der Waals surface area contributed by atoms with E-state index in [4.69, 9.17) is 11.5 Å². The minimum Gasteiger partial charge on any atom is -0.383 e. The van der Waals surface area contributed by atoms with Crippen molar-refractivity contribution in [2.75, 3.05) is 16.8 Å². The summed E-state index contributed by atoms with van der Waals surface area (Å²) in [6, 6.07) is 16.9. The number of hydrogen-bond acceptors (Lipinski definition) is 6. The number of nitrogen functional groups attached to an aromatic ring is 2. The van der Waals surface area contributed by atoms with Gasteiger partial charge in [0, 0.05) is 11.8 Å². The van der Waals surface area contributed by atoms with E-state index in [2.05, 4.69) is 15.3 Å². The second-order valence-electron chi connectivity index (χ2n) is 6.22. The molecule has 138 valence electrons. The zero-order chi connectivity index (χ0) is 19.4. The lowest BCUT2D eigenvalue weighted by Crippen LogP contribution is -2.20. The molecule has 7 heteroatoms. The van der Waals surface area contributed by atoms with Crippen molar-refractivity contribution in [3.05, 3.63) is 71.3 Å². The Morgan fingerprint density at radius 2 is 1.67 bits per heavy atom. The van der Waals surface area contributed by atoms with Gasteiger partial charge in [0.1, 0.15) is 16.9 Å². The molecule has 1 aromatic heterocycles. The fraction of sp³-hybridized carbons (Fsp3) is 0.150. The maximum Gasteiger partial charge on any atom is 0.242 e. The van der Waals surface area contributed by atoms with Gasteiger partial charge in [-0.25, -0.2) is 9.97 Å². The molecule has 1 atom stereocenters. The Hall–Kier alpha value is -3.06. The Kier molecular flexibility index (Phi) is 5.61. The van der Waals surface area contributed by atoms with Gasteiger partial charge in [0.25, 0.3) is 0 Å². The van der Waals surface area contributed by atoms with Gasteiger partial charge in [0.2, 0.25) is 5.91 Å². The summed E-state index contributed by atoms with van der Waals surface area (Å²) < 4.78 is 0. The van der Waals surface area contributed by atoms with Gasteiger partial charge in [-0.2, -0.15) is 0 Å². The lowest BCUT2D eigenvalue weighted by atomic mass is 10.1. The van der Waals surface area contributed by atoms with Gasteiger partial charge in [0.05, 0.1) is 0 Å². The quantitative estimate of drug-likeness (QED) is 0.461. The lowest BCUT2D eigenvalue weighted by molar-refractivity contribution is -0.115. The van der Waals surface area contributed by atoms with Gasteiger partial charge < -0.3 is 16.8 Å². The van der Waals surface area contributed by atoms with E-state index in [0.717, 1.165) is 22.4 Å². The van der Waals surface area contributed by atoms with Crippen molar-refractivity contribution < 1.29 is 4.79 Å². The van der Waals surface area contributed by atoms with E-state index in [-0.39, 0.29) is 17.5 Å². The molecule has 0 radical (unpaired) electrons. The van der Waals surface area contributed by atoms with Crippen LogP contribution in [0, 0.1) is 13.8 Å². The van der Waals surface area contributed by atoms with Crippen molar-refractivity contribution in [1.29, 1.82) is 0 Å². The van der Waals surface area contributed by atoms with Crippen molar-refractivity contribution in [2.24, 2.45) is 0 Å². The molecule has 0 saturated carbocycles. The fourth-order valence-corrected chi connectivity index (χ4v) is 3.58. The summed E-state index contributed by atoms with van der Waals surface area (Å²) in [4.78, 5) is 21.5. The van der Waals surface area contributed by atoms with Crippen LogP contribution in [-0.4, -0.2) is 15.9 Å². The molecule has 6 nitrogen and oxygen atoms in total. The predicted octanol–water partition coefficient (Wildman–Crippen LogP) is 3.73. The maximum absolute atomic E-state index is 13.1. The van der Waals surface area contributed by atoms with E-state index in [0.29, 0.717) is 5.16 Å². The lowest BCUT2D eigenvalue weighted by Gasteiger charge is -2.17. The third-order valence-corrected chi connectivity index (χ3v) is 5.08. The van der Waals surface area contributed by atoms with Gasteiger partial charge in [0.15, 0.2) is 5.16 Å². The largest absolute Gasteiger partial charge is 0.383 e. The molecule has 1 amide bonds. The molecule has 0 aliphatic rings. The molecule has 5 N–H and O–H groups in total. The summed E-state index contributed by atoms with van der Waals surface area (Å²) in [6.45, 7) is 3.95. The van der Waals surface area contributed by atoms with Gasteiger partial charge >= 0.3 is 0 Å². The number of benzene rings is 2. The molecule has 0 fully saturated rings. The number of thioether (sulfide) groups is 1. The molecule has 3 aromatic rings. The minimum absolute atomic E-state index is 0.163. The van der Waals surface area contributed by atoms with E-state index in [1.807, 2.05) is 62.4 Å². The summed E-state index contributed by atoms with van der Waals surface area (Å²) in [5.74, 6) is 0.378. The molecule has 27 heavy (non-hydrogen) atoms. The number of hydrogen-bond donors (Lipinski definition) is 3. The highest BCUT2D eigenvalue weighted by Crippen LogP contribution is 2.35. The van der Waals surface area contributed by atoms with Crippen LogP contribution in [0.2, 0.25) is 0 Å². The van der Waals surface area contributed by atoms with Gasteiger partial charge in [-0.1, -0.05) is 54.2 Å². The summed E-state index contributed by atoms with van der Waals surface area (Å²) >= 11 is 1.21. The normalized spacial score (nSPS) is 11.8. The minimum atomic E-state index is -0.549. The van der Waals surface area contributed by atoms with Crippen LogP contribution in [0.15, 0.2) is 59.8 Å². The molecule has 2 aromatic carbocycles. The maximum atomic E-state index is 13.1. The van der Waals surface area contributed by atoms with Crippen LogP contribution in [0.4, 0.5) is 17.3 Å². The number of carbonyl (C=O) groups is 1. The highest BCUT2D eigenvalue weighted by atomic mass is 32.2. The standard InChI is InChI=1S/C20H21N5OS/c1-12-8-9-13(2)15(10-12)23-19(26)18(14-6-4-3-5-7-14)27-20-24-16(21)11-17(22)25-20/h3-11,18H,1-2H3,(H,23,26)(H4,21,22,24,25). The number of aryl methyl sites for hydroxylation is 2. The summed E-state index contributed by atoms with van der Waals surface area (Å²) in [7, 11) is 0. The first-order valence-corrected chi connectivity index (χ1v) is 9.30. The third-order valence-electron chi connectivity index (χ3n) is 3.96. The first-order chi connectivity index (χ1) is 12.9. The van der Waals surface area contributed by atoms with E-state index in [1.165, 1.54) is 17.8 Å². The summed E-state index contributed by atoms with van der Waals surface area (Å²) in [6.07, 6.45) is 0. The van der Waals surface area contributed by atoms with E-state index < -0.39 is 5.25 Å². The van der Waals surface area contributed by atoms with E-state index in [1.54, 1.807) is 0 Å². The van der Waals surface area contributed by atoms with Gasteiger partial charge in [-0.05, 0) is 36.6 Å². The smallest absolute Gasteiger partial charge is 0.242 e. The Bertz CT molecular complexity index is 942. The predicted molar refractivity (Wildman–Crippen MR) is 110 cm³/mol. The number of rotatable bonds is 5. The van der Waals surface area contributed by atoms with Crippen LogP contribution in [0.1, 0.15) is 21.9 Å². The van der Waals surface area contributed by atoms with Crippen LogP contribution in [0.5, 0.6) is 0 Å². The molecule has 1 unspecified atom stereocenters. The van der Waals surface area contributed by atoms with Crippen molar-refractivity contribution in [3.8, 4) is 0 Å². The van der Waals surface area contributed by atoms with Crippen molar-refractivity contribution in [3.63, 3.8) is 0 Å². The van der Waals surface area contributed by atoms with E-state index >= 15 is 0 Å². The molecule has 0 spiro atoms. The molecular weight excluding hydrogens is 358 g/mol. The van der Waals surface area contributed by atoms with Gasteiger partial charge in [-0.15, -0.1) is 0 Å². The number of carbonyl (C=O) groups excluding carboxylic acids is 1. The van der Waals surface area contributed by atoms with Crippen molar-refractivity contribution in [1.82, 2.24) is 9.97 Å². The molecule has 0 aliphatic heterocycles. The fourth-order valence-electron chi connectivity index (χ4n) is 2.59. The zero-order valence-corrected chi connectivity index (χ0v) is 16.0. The first-order valence-electron chi connectivity index (χ1n) is 8.42. The second kappa shape index (κ2) is 8.09. The first kappa shape index (κ1) is 18.7. The van der Waals surface area contributed by atoms with Crippen molar-refractivity contribution >= 4 is 35.0 Å². The molecule has 0 saturated heterocycles. The van der Waals surface area contributed by atoms with Crippen LogP contribution >= 0.6 is 11.8 Å². The number of anilines is 3. The van der Waals surface area contributed by atoms with Gasteiger partial charge in [-0.3, -0.25) is 4.79 Å². The topological polar surface area (TPSA) is 107 Å². The number of nitrogens with one attached hydrogen (secondary N) is 1. The van der Waals surface area contributed by atoms with Crippen LogP contribution in [-0.2, 0) is 4.79 Å². The highest BCUT2D eigenvalue weighted by Gasteiger charge is 2.24. The number of nitrogens with two attached hydrogens (primary N) is 2. The highest BCUT2D eigenvalue weighted by molar-refractivity contribution is 8.00. The zero-order valence-electron chi connectivity index (χ0n) is 15.1. The van der Waals surface area contributed by atoms with Crippen molar-refractivity contribution in [2.45, 2.75) is 24.3 Å². The van der Waals surface area contributed by atoms with E-state index in [9.17, 15) is 4.79 Å². The van der Waals surface area contributed by atoms with Crippen LogP contribution in [0.3, 0.4) is 0 Å². The second-order valence-corrected chi connectivity index (χ2v) is 7.29. The molecule has 1 heterocycles. The average Bonchev–Trinajstić information content (AvgIpc) is 2.62. The average molecular weight is 379 g/mol. The molecule has 3 rings (SSSR count). The summed E-state index contributed by atoms with van der Waals surface area (Å²) in [5.41, 5.74) is 15.2. The van der Waals surface area contributed by atoms with Crippen LogP contribution < -0.4 is 16.8 Å². The Labute approximate surface area is 162 Å². The number of aromatic nitrogens is 2. The number of amides is 1. The summed E-state index contributed by atoms with van der Waals surface area (Å²) in [5, 5.41) is 2.83. The molecule has 0 aliphatic carbocycles. The SMILES string of the molecule is Cc1ccc(C)c(NC(=O)C(Sc2nc(N)cc(N)n2)c2ccccc2)c1. The molecule has 0 bridgehead atoms. The Balaban J connectivity index is 1.92. The van der Waals surface area contributed by atoms with Crippen LogP contribution in [0.25, 0.3) is 0 Å². The monoisotopic (exact) mass is 379 g/mol. The molecular formula is C20H21N5OS. The Morgan fingerprint density at radius 3 is 2.33 bits per heavy atom. The number of nitrogens with zero attached hydrogens (tertiary/aromatic N) is 2.